The Morgan fingerprint density at radius 1 is 1.18 bits per heavy atom. The van der Waals surface area contributed by atoms with Crippen molar-refractivity contribution in [3.05, 3.63) is 100 Å². The molecule has 0 saturated carbocycles. The molecule has 1 N–H and O–H groups in total. The molecule has 170 valence electrons. The van der Waals surface area contributed by atoms with E-state index in [4.69, 9.17) is 20.8 Å². The standard InChI is InChI=1S/C26H26ClN3O3/c1-17(2)22-10-8-18(3)12-25(22)32-16-21-9-11-24(33-21)26(31)29-20-13-28-30(15-20)14-19-6-4-5-7-23(19)27/h4-13,15,17H,14,16H2,1-3H3,(H,29,31). The minimum Gasteiger partial charge on any atom is -0.485 e. The Morgan fingerprint density at radius 3 is 2.79 bits per heavy atom. The van der Waals surface area contributed by atoms with Gasteiger partial charge < -0.3 is 14.5 Å². The van der Waals surface area contributed by atoms with Crippen molar-refractivity contribution in [2.75, 3.05) is 5.32 Å². The number of anilines is 1. The summed E-state index contributed by atoms with van der Waals surface area (Å²) < 4.78 is 13.4. The van der Waals surface area contributed by atoms with Gasteiger partial charge in [-0.1, -0.05) is 55.8 Å². The van der Waals surface area contributed by atoms with Crippen LogP contribution in [0.4, 0.5) is 5.69 Å². The first-order valence-electron chi connectivity index (χ1n) is 10.8. The van der Waals surface area contributed by atoms with Crippen LogP contribution in [0.25, 0.3) is 0 Å². The molecule has 0 aliphatic carbocycles. The average molecular weight is 464 g/mol. The summed E-state index contributed by atoms with van der Waals surface area (Å²) in [6, 6.07) is 17.2. The zero-order valence-electron chi connectivity index (χ0n) is 18.8. The molecule has 4 aromatic rings. The summed E-state index contributed by atoms with van der Waals surface area (Å²) in [7, 11) is 0. The Kier molecular flexibility index (Phi) is 6.84. The predicted molar refractivity (Wildman–Crippen MR) is 129 cm³/mol. The molecule has 0 saturated heterocycles. The van der Waals surface area contributed by atoms with Crippen LogP contribution in [0.5, 0.6) is 5.75 Å². The van der Waals surface area contributed by atoms with Crippen LogP contribution in [-0.4, -0.2) is 15.7 Å². The van der Waals surface area contributed by atoms with Crippen LogP contribution in [0.2, 0.25) is 5.02 Å². The lowest BCUT2D eigenvalue weighted by molar-refractivity contribution is 0.0992. The fourth-order valence-electron chi connectivity index (χ4n) is 3.48. The van der Waals surface area contributed by atoms with E-state index in [9.17, 15) is 4.79 Å². The molecule has 2 aromatic heterocycles. The van der Waals surface area contributed by atoms with E-state index < -0.39 is 0 Å². The van der Waals surface area contributed by atoms with Gasteiger partial charge in [-0.15, -0.1) is 0 Å². The number of carbonyl (C=O) groups excluding carboxylic acids is 1. The molecule has 1 amide bonds. The van der Waals surface area contributed by atoms with Crippen molar-refractivity contribution in [1.82, 2.24) is 9.78 Å². The molecule has 33 heavy (non-hydrogen) atoms. The van der Waals surface area contributed by atoms with Crippen molar-refractivity contribution in [3.8, 4) is 5.75 Å². The number of furan rings is 1. The van der Waals surface area contributed by atoms with Crippen LogP contribution in [-0.2, 0) is 13.2 Å². The van der Waals surface area contributed by atoms with Crippen LogP contribution < -0.4 is 10.1 Å². The number of ether oxygens (including phenoxy) is 1. The van der Waals surface area contributed by atoms with Crippen molar-refractivity contribution in [3.63, 3.8) is 0 Å². The molecule has 0 fully saturated rings. The van der Waals surface area contributed by atoms with Crippen molar-refractivity contribution in [2.24, 2.45) is 0 Å². The quantitative estimate of drug-likeness (QED) is 0.326. The molecule has 0 atom stereocenters. The number of aromatic nitrogens is 2. The summed E-state index contributed by atoms with van der Waals surface area (Å²) in [4.78, 5) is 12.6. The van der Waals surface area contributed by atoms with Gasteiger partial charge in [0.05, 0.1) is 18.4 Å². The van der Waals surface area contributed by atoms with Gasteiger partial charge in [0.25, 0.3) is 5.91 Å². The first kappa shape index (κ1) is 22.7. The van der Waals surface area contributed by atoms with Crippen LogP contribution in [0.3, 0.4) is 0 Å². The summed E-state index contributed by atoms with van der Waals surface area (Å²) in [5.41, 5.74) is 3.79. The number of hydrogen-bond donors (Lipinski definition) is 1. The number of nitrogens with one attached hydrogen (secondary N) is 1. The molecule has 0 radical (unpaired) electrons. The Labute approximate surface area is 198 Å². The minimum atomic E-state index is -0.350. The lowest BCUT2D eigenvalue weighted by Gasteiger charge is -2.14. The number of halogens is 1. The minimum absolute atomic E-state index is 0.209. The number of hydrogen-bond acceptors (Lipinski definition) is 4. The van der Waals surface area contributed by atoms with Gasteiger partial charge in [-0.25, -0.2) is 0 Å². The maximum Gasteiger partial charge on any atom is 0.291 e. The highest BCUT2D eigenvalue weighted by Gasteiger charge is 2.14. The van der Waals surface area contributed by atoms with Gasteiger partial charge in [0, 0.05) is 11.2 Å². The van der Waals surface area contributed by atoms with E-state index in [-0.39, 0.29) is 18.3 Å². The smallest absolute Gasteiger partial charge is 0.291 e. The lowest BCUT2D eigenvalue weighted by atomic mass is 10.0. The maximum absolute atomic E-state index is 12.6. The number of amides is 1. The van der Waals surface area contributed by atoms with Gasteiger partial charge in [0.1, 0.15) is 18.1 Å². The lowest BCUT2D eigenvalue weighted by Crippen LogP contribution is -2.10. The Balaban J connectivity index is 1.37. The summed E-state index contributed by atoms with van der Waals surface area (Å²) in [6.45, 7) is 7.04. The Morgan fingerprint density at radius 2 is 2.00 bits per heavy atom. The van der Waals surface area contributed by atoms with Crippen molar-refractivity contribution in [1.29, 1.82) is 0 Å². The summed E-state index contributed by atoms with van der Waals surface area (Å²) in [6.07, 6.45) is 3.34. The van der Waals surface area contributed by atoms with Gasteiger partial charge in [-0.05, 0) is 53.8 Å². The van der Waals surface area contributed by atoms with E-state index in [1.54, 1.807) is 29.2 Å². The largest absolute Gasteiger partial charge is 0.485 e. The number of rotatable bonds is 8. The molecule has 2 heterocycles. The van der Waals surface area contributed by atoms with Crippen LogP contribution in [0.15, 0.2) is 71.4 Å². The molecule has 6 nitrogen and oxygen atoms in total. The number of aryl methyl sites for hydroxylation is 1. The maximum atomic E-state index is 12.6. The molecule has 0 unspecified atom stereocenters. The summed E-state index contributed by atoms with van der Waals surface area (Å²) in [5, 5.41) is 7.77. The molecule has 0 spiro atoms. The van der Waals surface area contributed by atoms with E-state index in [1.807, 2.05) is 37.3 Å². The second-order valence-electron chi connectivity index (χ2n) is 8.22. The summed E-state index contributed by atoms with van der Waals surface area (Å²) >= 11 is 6.21. The number of benzene rings is 2. The van der Waals surface area contributed by atoms with Gasteiger partial charge >= 0.3 is 0 Å². The third-order valence-electron chi connectivity index (χ3n) is 5.23. The highest BCUT2D eigenvalue weighted by atomic mass is 35.5. The molecule has 0 aliphatic heterocycles. The monoisotopic (exact) mass is 463 g/mol. The highest BCUT2D eigenvalue weighted by molar-refractivity contribution is 6.31. The van der Waals surface area contributed by atoms with Crippen LogP contribution >= 0.6 is 11.6 Å². The molecule has 4 rings (SSSR count). The first-order valence-corrected chi connectivity index (χ1v) is 11.2. The molecule has 7 heteroatoms. The molecule has 2 aromatic carbocycles. The van der Waals surface area contributed by atoms with Crippen molar-refractivity contribution < 1.29 is 13.9 Å². The second kappa shape index (κ2) is 9.96. The van der Waals surface area contributed by atoms with Crippen molar-refractivity contribution >= 4 is 23.2 Å². The third kappa shape index (κ3) is 5.65. The summed E-state index contributed by atoms with van der Waals surface area (Å²) in [5.74, 6) is 1.61. The van der Waals surface area contributed by atoms with Gasteiger partial charge in [-0.3, -0.25) is 9.48 Å². The van der Waals surface area contributed by atoms with Crippen molar-refractivity contribution in [2.45, 2.75) is 39.8 Å². The molecular formula is C26H26ClN3O3. The zero-order valence-corrected chi connectivity index (χ0v) is 19.6. The van der Waals surface area contributed by atoms with E-state index in [1.165, 1.54) is 0 Å². The highest BCUT2D eigenvalue weighted by Crippen LogP contribution is 2.28. The SMILES string of the molecule is Cc1ccc(C(C)C)c(OCc2ccc(C(=O)Nc3cnn(Cc4ccccc4Cl)c3)o2)c1. The number of carbonyl (C=O) groups is 1. The predicted octanol–water partition coefficient (Wildman–Crippen LogP) is 6.44. The average Bonchev–Trinajstić information content (AvgIpc) is 3.43. The number of nitrogens with zero attached hydrogens (tertiary/aromatic N) is 2. The van der Waals surface area contributed by atoms with E-state index in [0.717, 1.165) is 22.4 Å². The van der Waals surface area contributed by atoms with Gasteiger partial charge in [-0.2, -0.15) is 5.10 Å². The third-order valence-corrected chi connectivity index (χ3v) is 5.60. The van der Waals surface area contributed by atoms with Crippen LogP contribution in [0, 0.1) is 6.92 Å². The first-order chi connectivity index (χ1) is 15.9. The van der Waals surface area contributed by atoms with E-state index in [0.29, 0.717) is 28.9 Å². The molecule has 0 aliphatic rings. The molecular weight excluding hydrogens is 438 g/mol. The van der Waals surface area contributed by atoms with E-state index in [2.05, 4.69) is 36.4 Å². The fourth-order valence-corrected chi connectivity index (χ4v) is 3.67. The normalized spacial score (nSPS) is 11.1. The zero-order chi connectivity index (χ0) is 23.4. The molecule has 0 bridgehead atoms. The van der Waals surface area contributed by atoms with Crippen LogP contribution in [0.1, 0.15) is 52.8 Å². The second-order valence-corrected chi connectivity index (χ2v) is 8.63. The van der Waals surface area contributed by atoms with Gasteiger partial charge in [0.2, 0.25) is 0 Å². The van der Waals surface area contributed by atoms with E-state index >= 15 is 0 Å². The Hall–Kier alpha value is -3.51. The topological polar surface area (TPSA) is 69.3 Å². The fraction of sp³-hybridized carbons (Fsp3) is 0.231. The van der Waals surface area contributed by atoms with Gasteiger partial charge in [0.15, 0.2) is 5.76 Å². The Bertz CT molecular complexity index is 1260.